The third-order valence-corrected chi connectivity index (χ3v) is 5.76. The number of carbonyl (C=O) groups excluding carboxylic acids is 1. The number of rotatable bonds is 8. The molecule has 160 valence electrons. The standard InChI is InChI=1S/C24H24ClN3O3/c1-14(24(28)30)18(6-3-9-26)23-20(11-15-4-2-5-16(10-15)13-27)22(29)19-8-7-17(25)12-21(19)31-23/h2,4-5,7-8,10,12,14,18H,3,6,9,11,26H2,1H3,(H2,28,30). The molecule has 0 aliphatic carbocycles. The maximum Gasteiger partial charge on any atom is 0.220 e. The van der Waals surface area contributed by atoms with Crippen LogP contribution >= 0.6 is 11.6 Å². The van der Waals surface area contributed by atoms with Gasteiger partial charge in [-0.25, -0.2) is 0 Å². The van der Waals surface area contributed by atoms with E-state index in [0.29, 0.717) is 52.3 Å². The summed E-state index contributed by atoms with van der Waals surface area (Å²) >= 11 is 6.12. The van der Waals surface area contributed by atoms with Crippen LogP contribution in [0, 0.1) is 17.2 Å². The fourth-order valence-corrected chi connectivity index (χ4v) is 3.95. The number of carbonyl (C=O) groups is 1. The van der Waals surface area contributed by atoms with Crippen LogP contribution in [0.25, 0.3) is 11.0 Å². The lowest BCUT2D eigenvalue weighted by Gasteiger charge is -2.23. The van der Waals surface area contributed by atoms with Gasteiger partial charge in [0, 0.05) is 34.9 Å². The van der Waals surface area contributed by atoms with Gasteiger partial charge in [-0.2, -0.15) is 5.26 Å². The number of halogens is 1. The minimum atomic E-state index is -0.560. The number of benzene rings is 2. The Balaban J connectivity index is 2.25. The number of amides is 1. The van der Waals surface area contributed by atoms with Gasteiger partial charge in [0.25, 0.3) is 0 Å². The highest BCUT2D eigenvalue weighted by Crippen LogP contribution is 2.34. The molecule has 1 amide bonds. The number of primary amides is 1. The normalized spacial score (nSPS) is 13.0. The molecule has 3 aromatic rings. The molecule has 2 aromatic carbocycles. The van der Waals surface area contributed by atoms with Gasteiger partial charge < -0.3 is 15.9 Å². The Hall–Kier alpha value is -3.14. The molecular formula is C24H24ClN3O3. The fraction of sp³-hybridized carbons (Fsp3) is 0.292. The van der Waals surface area contributed by atoms with Gasteiger partial charge in [0.05, 0.1) is 17.0 Å². The van der Waals surface area contributed by atoms with E-state index in [1.807, 2.05) is 6.07 Å². The Morgan fingerprint density at radius 1 is 1.26 bits per heavy atom. The Labute approximate surface area is 185 Å². The van der Waals surface area contributed by atoms with Crippen molar-refractivity contribution in [3.05, 3.63) is 80.2 Å². The highest BCUT2D eigenvalue weighted by atomic mass is 35.5. The highest BCUT2D eigenvalue weighted by molar-refractivity contribution is 6.31. The molecule has 2 unspecified atom stereocenters. The largest absolute Gasteiger partial charge is 0.460 e. The summed E-state index contributed by atoms with van der Waals surface area (Å²) in [5.74, 6) is -1.03. The molecule has 1 heterocycles. The number of nitrogens with zero attached hydrogens (tertiary/aromatic N) is 1. The Kier molecular flexibility index (Phi) is 7.11. The van der Waals surface area contributed by atoms with Crippen LogP contribution < -0.4 is 16.9 Å². The zero-order valence-electron chi connectivity index (χ0n) is 17.2. The van der Waals surface area contributed by atoms with Crippen molar-refractivity contribution in [3.63, 3.8) is 0 Å². The van der Waals surface area contributed by atoms with E-state index < -0.39 is 17.7 Å². The van der Waals surface area contributed by atoms with Gasteiger partial charge in [-0.05, 0) is 49.2 Å². The van der Waals surface area contributed by atoms with Crippen LogP contribution in [0.1, 0.15) is 48.1 Å². The number of nitrogens with two attached hydrogens (primary N) is 2. The summed E-state index contributed by atoms with van der Waals surface area (Å²) in [6, 6.07) is 14.0. The summed E-state index contributed by atoms with van der Waals surface area (Å²) in [4.78, 5) is 25.5. The van der Waals surface area contributed by atoms with Gasteiger partial charge in [-0.1, -0.05) is 30.7 Å². The molecule has 6 nitrogen and oxygen atoms in total. The van der Waals surface area contributed by atoms with Crippen molar-refractivity contribution in [1.82, 2.24) is 0 Å². The van der Waals surface area contributed by atoms with E-state index in [-0.39, 0.29) is 11.8 Å². The molecule has 3 rings (SSSR count). The van der Waals surface area contributed by atoms with Crippen molar-refractivity contribution in [3.8, 4) is 6.07 Å². The molecule has 31 heavy (non-hydrogen) atoms. The lowest BCUT2D eigenvalue weighted by Crippen LogP contribution is -2.29. The molecule has 7 heteroatoms. The summed E-state index contributed by atoms with van der Waals surface area (Å²) in [6.45, 7) is 2.16. The first kappa shape index (κ1) is 22.5. The van der Waals surface area contributed by atoms with Gasteiger partial charge in [-0.15, -0.1) is 0 Å². The molecule has 4 N–H and O–H groups in total. The van der Waals surface area contributed by atoms with Crippen LogP contribution in [0.3, 0.4) is 0 Å². The fourth-order valence-electron chi connectivity index (χ4n) is 3.79. The van der Waals surface area contributed by atoms with E-state index in [0.717, 1.165) is 5.56 Å². The minimum absolute atomic E-state index is 0.190. The minimum Gasteiger partial charge on any atom is -0.460 e. The van der Waals surface area contributed by atoms with Crippen LogP contribution in [0.2, 0.25) is 5.02 Å². The molecule has 0 fully saturated rings. The van der Waals surface area contributed by atoms with Crippen LogP contribution in [0.4, 0.5) is 0 Å². The summed E-state index contributed by atoms with van der Waals surface area (Å²) in [6.07, 6.45) is 1.44. The summed E-state index contributed by atoms with van der Waals surface area (Å²) in [5.41, 5.74) is 13.2. The highest BCUT2D eigenvalue weighted by Gasteiger charge is 2.30. The van der Waals surface area contributed by atoms with Crippen molar-refractivity contribution in [2.24, 2.45) is 17.4 Å². The first-order chi connectivity index (χ1) is 14.8. The van der Waals surface area contributed by atoms with Crippen molar-refractivity contribution in [2.75, 3.05) is 6.54 Å². The first-order valence-electron chi connectivity index (χ1n) is 10.1. The lowest BCUT2D eigenvalue weighted by atomic mass is 9.83. The maximum atomic E-state index is 13.5. The monoisotopic (exact) mass is 437 g/mol. The van der Waals surface area contributed by atoms with Crippen molar-refractivity contribution in [1.29, 1.82) is 5.26 Å². The Bertz CT molecular complexity index is 1210. The topological polar surface area (TPSA) is 123 Å². The number of nitriles is 1. The molecular weight excluding hydrogens is 414 g/mol. The van der Waals surface area contributed by atoms with Crippen molar-refractivity contribution in [2.45, 2.75) is 32.1 Å². The molecule has 1 aromatic heterocycles. The summed E-state index contributed by atoms with van der Waals surface area (Å²) in [5, 5.41) is 10.1. The Morgan fingerprint density at radius 2 is 2.03 bits per heavy atom. The molecule has 0 radical (unpaired) electrons. The third-order valence-electron chi connectivity index (χ3n) is 5.53. The summed E-state index contributed by atoms with van der Waals surface area (Å²) < 4.78 is 6.22. The molecule has 0 spiro atoms. The maximum absolute atomic E-state index is 13.5. The SMILES string of the molecule is CC(C(N)=O)C(CCCN)c1oc2cc(Cl)ccc2c(=O)c1Cc1cccc(C#N)c1. The zero-order valence-corrected chi connectivity index (χ0v) is 18.0. The van der Waals surface area contributed by atoms with Crippen LogP contribution in [0.5, 0.6) is 0 Å². The number of hydrogen-bond donors (Lipinski definition) is 2. The van der Waals surface area contributed by atoms with Gasteiger partial charge >= 0.3 is 0 Å². The molecule has 0 bridgehead atoms. The predicted octanol–water partition coefficient (Wildman–Crippen LogP) is 3.85. The molecule has 0 saturated heterocycles. The second kappa shape index (κ2) is 9.78. The quantitative estimate of drug-likeness (QED) is 0.553. The predicted molar refractivity (Wildman–Crippen MR) is 121 cm³/mol. The third kappa shape index (κ3) is 4.96. The second-order valence-corrected chi connectivity index (χ2v) is 8.07. The summed E-state index contributed by atoms with van der Waals surface area (Å²) in [7, 11) is 0. The van der Waals surface area contributed by atoms with Gasteiger partial charge in [-0.3, -0.25) is 9.59 Å². The van der Waals surface area contributed by atoms with Crippen LogP contribution in [0.15, 0.2) is 51.7 Å². The Morgan fingerprint density at radius 3 is 2.71 bits per heavy atom. The van der Waals surface area contributed by atoms with Gasteiger partial charge in [0.2, 0.25) is 5.91 Å². The van der Waals surface area contributed by atoms with Crippen LogP contribution in [-0.2, 0) is 11.2 Å². The average Bonchev–Trinajstić information content (AvgIpc) is 2.76. The smallest absolute Gasteiger partial charge is 0.220 e. The average molecular weight is 438 g/mol. The number of fused-ring (bicyclic) bond motifs is 1. The van der Waals surface area contributed by atoms with Crippen LogP contribution in [-0.4, -0.2) is 12.5 Å². The second-order valence-electron chi connectivity index (χ2n) is 7.63. The van der Waals surface area contributed by atoms with E-state index in [9.17, 15) is 14.9 Å². The van der Waals surface area contributed by atoms with E-state index in [1.54, 1.807) is 43.3 Å². The molecule has 0 saturated carbocycles. The zero-order chi connectivity index (χ0) is 22.5. The first-order valence-corrected chi connectivity index (χ1v) is 10.5. The van der Waals surface area contributed by atoms with E-state index in [1.165, 1.54) is 0 Å². The van der Waals surface area contributed by atoms with Crippen molar-refractivity contribution >= 4 is 28.5 Å². The van der Waals surface area contributed by atoms with E-state index >= 15 is 0 Å². The molecule has 0 aliphatic rings. The van der Waals surface area contributed by atoms with E-state index in [4.69, 9.17) is 27.5 Å². The van der Waals surface area contributed by atoms with Gasteiger partial charge in [0.15, 0.2) is 5.43 Å². The van der Waals surface area contributed by atoms with Crippen molar-refractivity contribution < 1.29 is 9.21 Å². The molecule has 0 aliphatic heterocycles. The molecule has 2 atom stereocenters. The lowest BCUT2D eigenvalue weighted by molar-refractivity contribution is -0.122. The number of hydrogen-bond acceptors (Lipinski definition) is 5. The van der Waals surface area contributed by atoms with E-state index in [2.05, 4.69) is 6.07 Å². The van der Waals surface area contributed by atoms with Gasteiger partial charge in [0.1, 0.15) is 11.3 Å².